The minimum Gasteiger partial charge on any atom is -0.369 e. The third kappa shape index (κ3) is 2.90. The maximum Gasteiger partial charge on any atom is 0.170 e. The second-order valence-corrected chi connectivity index (χ2v) is 7.06. The van der Waals surface area contributed by atoms with Crippen LogP contribution < -0.4 is 0 Å². The molecular formula is C15H18BrFO2. The van der Waals surface area contributed by atoms with Gasteiger partial charge in [0.15, 0.2) is 5.78 Å². The van der Waals surface area contributed by atoms with Gasteiger partial charge in [0.25, 0.3) is 0 Å². The first-order valence-electron chi connectivity index (χ1n) is 6.32. The molecule has 0 saturated carbocycles. The predicted molar refractivity (Wildman–Crippen MR) is 75.8 cm³/mol. The van der Waals surface area contributed by atoms with Crippen molar-refractivity contribution in [2.24, 2.45) is 5.92 Å². The highest BCUT2D eigenvalue weighted by Crippen LogP contribution is 2.44. The molecule has 1 aliphatic heterocycles. The summed E-state index contributed by atoms with van der Waals surface area (Å²) in [6.07, 6.45) is 0.641. The van der Waals surface area contributed by atoms with Crippen LogP contribution in [0.1, 0.15) is 44.5 Å². The molecule has 1 heterocycles. The van der Waals surface area contributed by atoms with Crippen LogP contribution in [0.15, 0.2) is 22.7 Å². The molecule has 1 aromatic rings. The molecule has 4 heteroatoms. The second kappa shape index (κ2) is 4.67. The molecule has 1 aromatic carbocycles. The fourth-order valence-electron chi connectivity index (χ4n) is 2.84. The van der Waals surface area contributed by atoms with E-state index in [4.69, 9.17) is 4.74 Å². The van der Waals surface area contributed by atoms with Crippen molar-refractivity contribution < 1.29 is 13.9 Å². The molecule has 19 heavy (non-hydrogen) atoms. The number of carbonyl (C=O) groups is 1. The Kier molecular flexibility index (Phi) is 3.60. The molecule has 0 spiro atoms. The number of ketones is 1. The monoisotopic (exact) mass is 328 g/mol. The van der Waals surface area contributed by atoms with E-state index < -0.39 is 11.4 Å². The first-order chi connectivity index (χ1) is 8.62. The Balaban J connectivity index is 2.37. The van der Waals surface area contributed by atoms with Crippen LogP contribution in [0.4, 0.5) is 4.39 Å². The Bertz CT molecular complexity index is 523. The number of hydrogen-bond acceptors (Lipinski definition) is 2. The van der Waals surface area contributed by atoms with E-state index in [1.165, 1.54) is 12.1 Å². The molecule has 0 N–H and O–H groups in total. The minimum absolute atomic E-state index is 0.0676. The minimum atomic E-state index is -0.535. The fourth-order valence-corrected chi connectivity index (χ4v) is 3.29. The van der Waals surface area contributed by atoms with E-state index in [1.54, 1.807) is 6.07 Å². The molecule has 2 nitrogen and oxygen atoms in total. The van der Waals surface area contributed by atoms with Crippen molar-refractivity contribution in [1.82, 2.24) is 0 Å². The standard InChI is InChI=1S/C15H18BrFO2/c1-14(2)8-11(15(3,4)19-14)13(18)10-7-9(17)5-6-12(10)16/h5-7,11H,8H2,1-4H3. The zero-order chi connectivity index (χ0) is 14.4. The van der Waals surface area contributed by atoms with Gasteiger partial charge in [-0.1, -0.05) is 15.9 Å². The normalized spacial score (nSPS) is 24.4. The van der Waals surface area contributed by atoms with Gasteiger partial charge in [0.05, 0.1) is 17.1 Å². The summed E-state index contributed by atoms with van der Waals surface area (Å²) in [5.41, 5.74) is -0.477. The SMILES string of the molecule is CC1(C)CC(C(=O)c2cc(F)ccc2Br)C(C)(C)O1. The van der Waals surface area contributed by atoms with Gasteiger partial charge in [-0.25, -0.2) is 4.39 Å². The summed E-state index contributed by atoms with van der Waals surface area (Å²) < 4.78 is 19.9. The first-order valence-corrected chi connectivity index (χ1v) is 7.11. The lowest BCUT2D eigenvalue weighted by Gasteiger charge is -2.26. The number of halogens is 2. The highest BCUT2D eigenvalue weighted by molar-refractivity contribution is 9.10. The Labute approximate surface area is 121 Å². The molecular weight excluding hydrogens is 311 g/mol. The van der Waals surface area contributed by atoms with Crippen LogP contribution in [0.2, 0.25) is 0 Å². The van der Waals surface area contributed by atoms with Crippen molar-refractivity contribution in [3.8, 4) is 0 Å². The summed E-state index contributed by atoms with van der Waals surface area (Å²) in [4.78, 5) is 12.6. The Morgan fingerprint density at radius 1 is 1.37 bits per heavy atom. The van der Waals surface area contributed by atoms with Crippen LogP contribution in [0, 0.1) is 11.7 Å². The van der Waals surface area contributed by atoms with Crippen molar-refractivity contribution in [1.29, 1.82) is 0 Å². The molecule has 1 atom stereocenters. The van der Waals surface area contributed by atoms with Crippen molar-refractivity contribution in [3.05, 3.63) is 34.1 Å². The van der Waals surface area contributed by atoms with E-state index >= 15 is 0 Å². The van der Waals surface area contributed by atoms with E-state index in [9.17, 15) is 9.18 Å². The van der Waals surface area contributed by atoms with Crippen LogP contribution in [0.25, 0.3) is 0 Å². The number of rotatable bonds is 2. The number of carbonyl (C=O) groups excluding carboxylic acids is 1. The fraction of sp³-hybridized carbons (Fsp3) is 0.533. The number of hydrogen-bond donors (Lipinski definition) is 0. The third-order valence-electron chi connectivity index (χ3n) is 3.58. The lowest BCUT2D eigenvalue weighted by molar-refractivity contribution is -0.0712. The molecule has 1 saturated heterocycles. The van der Waals surface area contributed by atoms with Crippen molar-refractivity contribution >= 4 is 21.7 Å². The van der Waals surface area contributed by atoms with Gasteiger partial charge in [-0.2, -0.15) is 0 Å². The van der Waals surface area contributed by atoms with Crippen LogP contribution >= 0.6 is 15.9 Å². The van der Waals surface area contributed by atoms with Gasteiger partial charge in [0.2, 0.25) is 0 Å². The van der Waals surface area contributed by atoms with E-state index in [1.807, 2.05) is 27.7 Å². The summed E-state index contributed by atoms with van der Waals surface area (Å²) in [5.74, 6) is -0.731. The second-order valence-electron chi connectivity index (χ2n) is 6.21. The highest BCUT2D eigenvalue weighted by atomic mass is 79.9. The summed E-state index contributed by atoms with van der Waals surface area (Å²) in [6, 6.07) is 4.19. The molecule has 1 unspecified atom stereocenters. The molecule has 2 rings (SSSR count). The molecule has 0 amide bonds. The van der Waals surface area contributed by atoms with E-state index in [0.717, 1.165) is 0 Å². The number of Topliss-reactive ketones (excluding diaryl/α,β-unsaturated/α-hetero) is 1. The maximum atomic E-state index is 13.3. The van der Waals surface area contributed by atoms with E-state index in [0.29, 0.717) is 16.5 Å². The lowest BCUT2D eigenvalue weighted by atomic mass is 9.81. The number of ether oxygens (including phenoxy) is 1. The largest absolute Gasteiger partial charge is 0.369 e. The zero-order valence-electron chi connectivity index (χ0n) is 11.6. The van der Waals surface area contributed by atoms with Gasteiger partial charge in [-0.05, 0) is 52.3 Å². The predicted octanol–water partition coefficient (Wildman–Crippen LogP) is 4.36. The van der Waals surface area contributed by atoms with Gasteiger partial charge in [0.1, 0.15) is 5.82 Å². The molecule has 0 radical (unpaired) electrons. The topological polar surface area (TPSA) is 26.3 Å². The van der Waals surface area contributed by atoms with Crippen LogP contribution in [-0.2, 0) is 4.74 Å². The summed E-state index contributed by atoms with van der Waals surface area (Å²) in [7, 11) is 0. The van der Waals surface area contributed by atoms with E-state index in [-0.39, 0.29) is 17.3 Å². The Hall–Kier alpha value is -0.740. The van der Waals surface area contributed by atoms with E-state index in [2.05, 4.69) is 15.9 Å². The molecule has 0 aromatic heterocycles. The highest BCUT2D eigenvalue weighted by Gasteiger charge is 2.49. The van der Waals surface area contributed by atoms with Gasteiger partial charge in [-0.15, -0.1) is 0 Å². The summed E-state index contributed by atoms with van der Waals surface area (Å²) >= 11 is 3.32. The lowest BCUT2D eigenvalue weighted by Crippen LogP contribution is -2.34. The third-order valence-corrected chi connectivity index (χ3v) is 4.28. The average Bonchev–Trinajstić information content (AvgIpc) is 2.49. The smallest absolute Gasteiger partial charge is 0.170 e. The molecule has 1 aliphatic rings. The van der Waals surface area contributed by atoms with Gasteiger partial charge in [-0.3, -0.25) is 4.79 Å². The molecule has 0 aliphatic carbocycles. The van der Waals surface area contributed by atoms with Crippen molar-refractivity contribution in [2.45, 2.75) is 45.3 Å². The van der Waals surface area contributed by atoms with Crippen LogP contribution in [0.5, 0.6) is 0 Å². The van der Waals surface area contributed by atoms with Gasteiger partial charge < -0.3 is 4.74 Å². The Morgan fingerprint density at radius 2 is 2.00 bits per heavy atom. The zero-order valence-corrected chi connectivity index (χ0v) is 13.2. The molecule has 0 bridgehead atoms. The van der Waals surface area contributed by atoms with Crippen molar-refractivity contribution in [2.75, 3.05) is 0 Å². The average molecular weight is 329 g/mol. The number of benzene rings is 1. The van der Waals surface area contributed by atoms with Crippen LogP contribution in [-0.4, -0.2) is 17.0 Å². The van der Waals surface area contributed by atoms with Crippen LogP contribution in [0.3, 0.4) is 0 Å². The quantitative estimate of drug-likeness (QED) is 0.754. The van der Waals surface area contributed by atoms with Gasteiger partial charge in [0, 0.05) is 10.0 Å². The summed E-state index contributed by atoms with van der Waals surface area (Å²) in [6.45, 7) is 7.78. The maximum absolute atomic E-state index is 13.3. The Morgan fingerprint density at radius 3 is 2.53 bits per heavy atom. The van der Waals surface area contributed by atoms with Crippen molar-refractivity contribution in [3.63, 3.8) is 0 Å². The molecule has 104 valence electrons. The van der Waals surface area contributed by atoms with Gasteiger partial charge >= 0.3 is 0 Å². The molecule has 1 fully saturated rings. The first kappa shape index (κ1) is 14.7. The summed E-state index contributed by atoms with van der Waals surface area (Å²) in [5, 5.41) is 0.